The number of nitrogens with zero attached hydrogens (tertiary/aromatic N) is 4. The second-order valence-electron chi connectivity index (χ2n) is 3.16. The molecular formula is C8H13N5. The van der Waals surface area contributed by atoms with Crippen LogP contribution in [0, 0.1) is 0 Å². The predicted octanol–water partition coefficient (Wildman–Crippen LogP) is -0.201. The van der Waals surface area contributed by atoms with Crippen molar-refractivity contribution in [2.24, 2.45) is 5.73 Å². The molecule has 0 aromatic carbocycles. The molecule has 1 heterocycles. The van der Waals surface area contributed by atoms with Gasteiger partial charge in [-0.2, -0.15) is 5.10 Å². The lowest BCUT2D eigenvalue weighted by molar-refractivity contribution is 0.738. The van der Waals surface area contributed by atoms with Crippen molar-refractivity contribution in [3.8, 4) is 0 Å². The van der Waals surface area contributed by atoms with E-state index in [1.807, 2.05) is 0 Å². The van der Waals surface area contributed by atoms with Crippen LogP contribution in [0.3, 0.4) is 0 Å². The van der Waals surface area contributed by atoms with Crippen molar-refractivity contribution in [1.29, 1.82) is 0 Å². The van der Waals surface area contributed by atoms with Crippen molar-refractivity contribution >= 4 is 5.95 Å². The average Bonchev–Trinajstić information content (AvgIpc) is 2.99. The number of aromatic nitrogens is 3. The van der Waals surface area contributed by atoms with Gasteiger partial charge in [0.05, 0.1) is 12.4 Å². The van der Waals surface area contributed by atoms with Crippen LogP contribution >= 0.6 is 0 Å². The molecule has 1 aromatic heterocycles. The van der Waals surface area contributed by atoms with Crippen molar-refractivity contribution < 1.29 is 0 Å². The summed E-state index contributed by atoms with van der Waals surface area (Å²) < 4.78 is 0. The molecule has 1 fully saturated rings. The number of rotatable bonds is 4. The summed E-state index contributed by atoms with van der Waals surface area (Å²) in [4.78, 5) is 6.29. The van der Waals surface area contributed by atoms with Gasteiger partial charge in [-0.15, -0.1) is 5.10 Å². The lowest BCUT2D eigenvalue weighted by atomic mass is 10.5. The largest absolute Gasteiger partial charge is 0.335 e. The maximum absolute atomic E-state index is 5.51. The van der Waals surface area contributed by atoms with Crippen molar-refractivity contribution in [3.05, 3.63) is 12.4 Å². The molecule has 5 heteroatoms. The molecule has 0 radical (unpaired) electrons. The highest BCUT2D eigenvalue weighted by Crippen LogP contribution is 2.28. The van der Waals surface area contributed by atoms with Crippen LogP contribution in [0.4, 0.5) is 5.95 Å². The van der Waals surface area contributed by atoms with E-state index in [0.717, 1.165) is 6.54 Å². The van der Waals surface area contributed by atoms with Crippen LogP contribution in [0.15, 0.2) is 12.4 Å². The molecule has 0 spiro atoms. The van der Waals surface area contributed by atoms with E-state index < -0.39 is 0 Å². The molecule has 0 amide bonds. The Labute approximate surface area is 77.0 Å². The van der Waals surface area contributed by atoms with Gasteiger partial charge in [-0.3, -0.25) is 0 Å². The lowest BCUT2D eigenvalue weighted by Gasteiger charge is -2.20. The number of anilines is 1. The second kappa shape index (κ2) is 3.66. The van der Waals surface area contributed by atoms with Gasteiger partial charge in [0.1, 0.15) is 0 Å². The molecular weight excluding hydrogens is 166 g/mol. The molecule has 1 aromatic rings. The Morgan fingerprint density at radius 1 is 1.46 bits per heavy atom. The van der Waals surface area contributed by atoms with Crippen LogP contribution < -0.4 is 10.6 Å². The van der Waals surface area contributed by atoms with Gasteiger partial charge in [0, 0.05) is 19.1 Å². The Morgan fingerprint density at radius 3 is 2.85 bits per heavy atom. The summed E-state index contributed by atoms with van der Waals surface area (Å²) in [5.74, 6) is 0.704. The predicted molar refractivity (Wildman–Crippen MR) is 49.2 cm³/mol. The minimum atomic E-state index is 0.591. The van der Waals surface area contributed by atoms with Gasteiger partial charge in [-0.25, -0.2) is 4.98 Å². The molecule has 0 bridgehead atoms. The van der Waals surface area contributed by atoms with Crippen molar-refractivity contribution in [1.82, 2.24) is 15.2 Å². The molecule has 2 rings (SSSR count). The molecule has 0 aliphatic heterocycles. The van der Waals surface area contributed by atoms with Crippen LogP contribution in [0.1, 0.15) is 12.8 Å². The standard InChI is InChI=1S/C8H13N5/c9-3-6-13(7-1-2-7)8-10-4-5-11-12-8/h4-5,7H,1-3,6,9H2. The summed E-state index contributed by atoms with van der Waals surface area (Å²) in [6.45, 7) is 1.45. The Balaban J connectivity index is 2.10. The number of nitrogens with two attached hydrogens (primary N) is 1. The maximum Gasteiger partial charge on any atom is 0.245 e. The summed E-state index contributed by atoms with van der Waals surface area (Å²) in [5.41, 5.74) is 5.51. The highest BCUT2D eigenvalue weighted by Gasteiger charge is 2.30. The average molecular weight is 179 g/mol. The molecule has 0 unspecified atom stereocenters. The second-order valence-corrected chi connectivity index (χ2v) is 3.16. The van der Waals surface area contributed by atoms with Gasteiger partial charge < -0.3 is 10.6 Å². The summed E-state index contributed by atoms with van der Waals surface area (Å²) >= 11 is 0. The molecule has 5 nitrogen and oxygen atoms in total. The molecule has 2 N–H and O–H groups in total. The quantitative estimate of drug-likeness (QED) is 0.693. The van der Waals surface area contributed by atoms with Gasteiger partial charge in [-0.05, 0) is 12.8 Å². The zero-order valence-corrected chi connectivity index (χ0v) is 7.43. The Hall–Kier alpha value is -1.23. The highest BCUT2D eigenvalue weighted by atomic mass is 15.3. The van der Waals surface area contributed by atoms with Crippen LogP contribution in [0.5, 0.6) is 0 Å². The Morgan fingerprint density at radius 2 is 2.31 bits per heavy atom. The van der Waals surface area contributed by atoms with E-state index in [1.54, 1.807) is 12.4 Å². The number of hydrogen-bond donors (Lipinski definition) is 1. The van der Waals surface area contributed by atoms with E-state index in [9.17, 15) is 0 Å². The SMILES string of the molecule is NCCN(c1nccnn1)C1CC1. The normalized spacial score (nSPS) is 15.8. The van der Waals surface area contributed by atoms with Gasteiger partial charge >= 0.3 is 0 Å². The van der Waals surface area contributed by atoms with E-state index in [-0.39, 0.29) is 0 Å². The molecule has 1 aliphatic rings. The van der Waals surface area contributed by atoms with Gasteiger partial charge in [0.2, 0.25) is 5.95 Å². The molecule has 0 atom stereocenters. The smallest absolute Gasteiger partial charge is 0.245 e. The van der Waals surface area contributed by atoms with Crippen LogP contribution in [0.2, 0.25) is 0 Å². The maximum atomic E-state index is 5.51. The van der Waals surface area contributed by atoms with Gasteiger partial charge in [0.25, 0.3) is 0 Å². The van der Waals surface area contributed by atoms with Crippen LogP contribution in [0.25, 0.3) is 0 Å². The molecule has 70 valence electrons. The zero-order valence-electron chi connectivity index (χ0n) is 7.43. The third kappa shape index (κ3) is 1.92. The Bertz CT molecular complexity index is 258. The summed E-state index contributed by atoms with van der Waals surface area (Å²) in [6, 6.07) is 0.591. The Kier molecular flexibility index (Phi) is 2.35. The minimum absolute atomic E-state index is 0.591. The van der Waals surface area contributed by atoms with Crippen molar-refractivity contribution in [3.63, 3.8) is 0 Å². The number of hydrogen-bond acceptors (Lipinski definition) is 5. The van der Waals surface area contributed by atoms with Gasteiger partial charge in [0.15, 0.2) is 0 Å². The first-order valence-corrected chi connectivity index (χ1v) is 4.52. The summed E-state index contributed by atoms with van der Waals surface area (Å²) in [7, 11) is 0. The van der Waals surface area contributed by atoms with Crippen LogP contribution in [-0.4, -0.2) is 34.3 Å². The lowest BCUT2D eigenvalue weighted by Crippen LogP contribution is -2.32. The van der Waals surface area contributed by atoms with Crippen molar-refractivity contribution in [2.45, 2.75) is 18.9 Å². The zero-order chi connectivity index (χ0) is 9.10. The van der Waals surface area contributed by atoms with Crippen molar-refractivity contribution in [2.75, 3.05) is 18.0 Å². The molecule has 1 aliphatic carbocycles. The fraction of sp³-hybridized carbons (Fsp3) is 0.625. The van der Waals surface area contributed by atoms with E-state index in [4.69, 9.17) is 5.73 Å². The van der Waals surface area contributed by atoms with E-state index in [0.29, 0.717) is 18.5 Å². The topological polar surface area (TPSA) is 67.9 Å². The molecule has 0 saturated heterocycles. The first-order valence-electron chi connectivity index (χ1n) is 4.52. The molecule has 1 saturated carbocycles. The van der Waals surface area contributed by atoms with Gasteiger partial charge in [-0.1, -0.05) is 0 Å². The minimum Gasteiger partial charge on any atom is -0.335 e. The monoisotopic (exact) mass is 179 g/mol. The third-order valence-electron chi connectivity index (χ3n) is 2.09. The first kappa shape index (κ1) is 8.37. The fourth-order valence-corrected chi connectivity index (χ4v) is 1.34. The summed E-state index contributed by atoms with van der Waals surface area (Å²) in [5, 5.41) is 7.77. The van der Waals surface area contributed by atoms with E-state index in [2.05, 4.69) is 20.1 Å². The van der Waals surface area contributed by atoms with Crippen LogP contribution in [-0.2, 0) is 0 Å². The fourth-order valence-electron chi connectivity index (χ4n) is 1.34. The third-order valence-corrected chi connectivity index (χ3v) is 2.09. The highest BCUT2D eigenvalue weighted by molar-refractivity contribution is 5.31. The van der Waals surface area contributed by atoms with E-state index >= 15 is 0 Å². The van der Waals surface area contributed by atoms with E-state index in [1.165, 1.54) is 12.8 Å². The summed E-state index contributed by atoms with van der Waals surface area (Å²) in [6.07, 6.45) is 5.68. The molecule has 13 heavy (non-hydrogen) atoms. The first-order chi connectivity index (χ1) is 6.42.